The van der Waals surface area contributed by atoms with Crippen LogP contribution in [0.15, 0.2) is 4.52 Å². The van der Waals surface area contributed by atoms with Crippen molar-refractivity contribution in [3.63, 3.8) is 0 Å². The Morgan fingerprint density at radius 3 is 2.32 bits per heavy atom. The lowest BCUT2D eigenvalue weighted by Gasteiger charge is -2.18. The Labute approximate surface area is 133 Å². The second-order valence-electron chi connectivity index (χ2n) is 6.36. The third kappa shape index (κ3) is 6.47. The molecule has 6 nitrogen and oxygen atoms in total. The molecule has 0 aliphatic heterocycles. The molecule has 0 aliphatic carbocycles. The van der Waals surface area contributed by atoms with Crippen LogP contribution in [0.5, 0.6) is 0 Å². The van der Waals surface area contributed by atoms with Crippen molar-refractivity contribution >= 4 is 6.03 Å². The number of aromatic nitrogens is 1. The Morgan fingerprint density at radius 1 is 1.14 bits per heavy atom. The molecule has 0 aliphatic rings. The highest BCUT2D eigenvalue weighted by atomic mass is 16.5. The highest BCUT2D eigenvalue weighted by Crippen LogP contribution is 2.14. The van der Waals surface area contributed by atoms with Crippen molar-refractivity contribution in [3.05, 3.63) is 17.0 Å². The summed E-state index contributed by atoms with van der Waals surface area (Å²) in [6.07, 6.45) is 0.701. The van der Waals surface area contributed by atoms with Crippen LogP contribution in [-0.2, 0) is 11.2 Å². The zero-order valence-corrected chi connectivity index (χ0v) is 14.5. The molecule has 6 heteroatoms. The van der Waals surface area contributed by atoms with Crippen LogP contribution in [0.25, 0.3) is 0 Å². The molecule has 0 spiro atoms. The number of amides is 2. The number of nitrogens with zero attached hydrogens (tertiary/aromatic N) is 1. The van der Waals surface area contributed by atoms with E-state index in [0.717, 1.165) is 17.0 Å². The molecule has 126 valence electrons. The molecule has 0 radical (unpaired) electrons. The summed E-state index contributed by atoms with van der Waals surface area (Å²) in [7, 11) is 0. The first-order chi connectivity index (χ1) is 10.3. The van der Waals surface area contributed by atoms with Gasteiger partial charge in [0.05, 0.1) is 18.3 Å². The summed E-state index contributed by atoms with van der Waals surface area (Å²) in [4.78, 5) is 11.9. The molecule has 2 amide bonds. The minimum Gasteiger partial charge on any atom is -0.379 e. The van der Waals surface area contributed by atoms with Gasteiger partial charge in [0.25, 0.3) is 0 Å². The number of carbonyl (C=O) groups excluding carboxylic acids is 1. The quantitative estimate of drug-likeness (QED) is 0.773. The van der Waals surface area contributed by atoms with Crippen LogP contribution in [0.4, 0.5) is 4.79 Å². The molecule has 1 heterocycles. The van der Waals surface area contributed by atoms with Gasteiger partial charge in [0.15, 0.2) is 0 Å². The normalized spacial score (nSPS) is 14.0. The Kier molecular flexibility index (Phi) is 7.38. The number of carbonyl (C=O) groups is 1. The smallest absolute Gasteiger partial charge is 0.315 e. The molecule has 1 rings (SSSR count). The van der Waals surface area contributed by atoms with E-state index in [-0.39, 0.29) is 18.1 Å². The third-order valence-electron chi connectivity index (χ3n) is 3.27. The lowest BCUT2D eigenvalue weighted by molar-refractivity contribution is 0.0953. The van der Waals surface area contributed by atoms with Crippen molar-refractivity contribution < 1.29 is 14.1 Å². The topological polar surface area (TPSA) is 76.4 Å². The molecule has 22 heavy (non-hydrogen) atoms. The minimum atomic E-state index is -0.181. The summed E-state index contributed by atoms with van der Waals surface area (Å²) in [5, 5.41) is 9.73. The molecular weight excluding hydrogens is 282 g/mol. The van der Waals surface area contributed by atoms with Gasteiger partial charge in [-0.1, -0.05) is 19.0 Å². The van der Waals surface area contributed by atoms with Crippen LogP contribution in [0.2, 0.25) is 0 Å². The number of urea groups is 1. The first-order valence-electron chi connectivity index (χ1n) is 7.86. The molecule has 0 aromatic carbocycles. The van der Waals surface area contributed by atoms with Gasteiger partial charge in [-0.05, 0) is 40.0 Å². The average molecular weight is 311 g/mol. The van der Waals surface area contributed by atoms with Crippen LogP contribution in [0.1, 0.15) is 44.7 Å². The maximum atomic E-state index is 11.9. The van der Waals surface area contributed by atoms with Gasteiger partial charge in [0.1, 0.15) is 5.76 Å². The van der Waals surface area contributed by atoms with Crippen molar-refractivity contribution in [3.8, 4) is 0 Å². The van der Waals surface area contributed by atoms with E-state index in [9.17, 15) is 4.79 Å². The number of hydrogen-bond acceptors (Lipinski definition) is 4. The van der Waals surface area contributed by atoms with Gasteiger partial charge in [-0.15, -0.1) is 0 Å². The zero-order valence-electron chi connectivity index (χ0n) is 14.5. The molecule has 1 aromatic rings. The van der Waals surface area contributed by atoms with E-state index in [1.165, 1.54) is 0 Å². The van der Waals surface area contributed by atoms with E-state index in [1.54, 1.807) is 0 Å². The molecular formula is C16H29N3O3. The number of rotatable bonds is 8. The van der Waals surface area contributed by atoms with Gasteiger partial charge in [0, 0.05) is 18.2 Å². The summed E-state index contributed by atoms with van der Waals surface area (Å²) < 4.78 is 10.7. The predicted octanol–water partition coefficient (Wildman–Crippen LogP) is 2.58. The lowest BCUT2D eigenvalue weighted by Crippen LogP contribution is -2.46. The van der Waals surface area contributed by atoms with Crippen LogP contribution >= 0.6 is 0 Å². The van der Waals surface area contributed by atoms with E-state index >= 15 is 0 Å². The van der Waals surface area contributed by atoms with Gasteiger partial charge >= 0.3 is 6.03 Å². The molecule has 0 saturated carbocycles. The largest absolute Gasteiger partial charge is 0.379 e. The lowest BCUT2D eigenvalue weighted by atomic mass is 10.1. The fraction of sp³-hybridized carbons (Fsp3) is 0.750. The van der Waals surface area contributed by atoms with Crippen molar-refractivity contribution in [2.75, 3.05) is 13.2 Å². The van der Waals surface area contributed by atoms with E-state index in [1.807, 2.05) is 27.7 Å². The van der Waals surface area contributed by atoms with Gasteiger partial charge in [0.2, 0.25) is 0 Å². The third-order valence-corrected chi connectivity index (χ3v) is 3.27. The fourth-order valence-electron chi connectivity index (χ4n) is 2.16. The maximum absolute atomic E-state index is 11.9. The van der Waals surface area contributed by atoms with Gasteiger partial charge in [-0.2, -0.15) is 0 Å². The summed E-state index contributed by atoms with van der Waals surface area (Å²) in [6, 6.07) is -0.203. The SMILES string of the molecule is Cc1noc(C)c1C[C@H](C)NC(=O)N[C@@H](C)COCC(C)C. The Hall–Kier alpha value is -1.56. The van der Waals surface area contributed by atoms with Crippen LogP contribution in [-0.4, -0.2) is 36.5 Å². The molecule has 0 saturated heterocycles. The van der Waals surface area contributed by atoms with E-state index < -0.39 is 0 Å². The van der Waals surface area contributed by atoms with E-state index in [2.05, 4.69) is 29.6 Å². The minimum absolute atomic E-state index is 0.000539. The maximum Gasteiger partial charge on any atom is 0.315 e. The van der Waals surface area contributed by atoms with Crippen molar-refractivity contribution in [2.24, 2.45) is 5.92 Å². The van der Waals surface area contributed by atoms with Crippen molar-refractivity contribution in [1.29, 1.82) is 0 Å². The zero-order chi connectivity index (χ0) is 16.7. The van der Waals surface area contributed by atoms with Crippen molar-refractivity contribution in [1.82, 2.24) is 15.8 Å². The molecule has 0 unspecified atom stereocenters. The van der Waals surface area contributed by atoms with E-state index in [4.69, 9.17) is 9.26 Å². The summed E-state index contributed by atoms with van der Waals surface area (Å²) >= 11 is 0. The van der Waals surface area contributed by atoms with Gasteiger partial charge < -0.3 is 19.9 Å². The Balaban J connectivity index is 2.32. The van der Waals surface area contributed by atoms with Crippen molar-refractivity contribution in [2.45, 2.75) is 60.0 Å². The van der Waals surface area contributed by atoms with Crippen LogP contribution in [0.3, 0.4) is 0 Å². The predicted molar refractivity (Wildman–Crippen MR) is 85.9 cm³/mol. The standard InChI is InChI=1S/C16H29N3O3/c1-10(2)8-21-9-12(4)18-16(20)17-11(3)7-15-13(5)19-22-14(15)6/h10-12H,7-9H2,1-6H3,(H2,17,18,20)/t11-,12-/m0/s1. The molecule has 2 atom stereocenters. The van der Waals surface area contributed by atoms with E-state index in [0.29, 0.717) is 25.6 Å². The second kappa shape index (κ2) is 8.78. The molecule has 0 bridgehead atoms. The highest BCUT2D eigenvalue weighted by molar-refractivity contribution is 5.74. The van der Waals surface area contributed by atoms with Crippen LogP contribution < -0.4 is 10.6 Å². The fourth-order valence-corrected chi connectivity index (χ4v) is 2.16. The highest BCUT2D eigenvalue weighted by Gasteiger charge is 2.15. The molecule has 0 fully saturated rings. The monoisotopic (exact) mass is 311 g/mol. The second-order valence-corrected chi connectivity index (χ2v) is 6.36. The Bertz CT molecular complexity index is 452. The summed E-state index contributed by atoms with van der Waals surface area (Å²) in [6.45, 7) is 13.1. The first-order valence-corrected chi connectivity index (χ1v) is 7.86. The number of aryl methyl sites for hydroxylation is 2. The summed E-state index contributed by atoms with van der Waals surface area (Å²) in [5.41, 5.74) is 1.93. The number of hydrogen-bond donors (Lipinski definition) is 2. The van der Waals surface area contributed by atoms with Crippen LogP contribution in [0, 0.1) is 19.8 Å². The molecule has 1 aromatic heterocycles. The first kappa shape index (κ1) is 18.5. The average Bonchev–Trinajstić information content (AvgIpc) is 2.69. The molecule has 2 N–H and O–H groups in total. The van der Waals surface area contributed by atoms with Gasteiger partial charge in [-0.3, -0.25) is 0 Å². The van der Waals surface area contributed by atoms with Gasteiger partial charge in [-0.25, -0.2) is 4.79 Å². The number of ether oxygens (including phenoxy) is 1. The number of nitrogens with one attached hydrogen (secondary N) is 2. The summed E-state index contributed by atoms with van der Waals surface area (Å²) in [5.74, 6) is 1.30. The Morgan fingerprint density at radius 2 is 1.77 bits per heavy atom.